The molecule has 9 atom stereocenters. The van der Waals surface area contributed by atoms with E-state index in [4.69, 9.17) is 15.0 Å². The topological polar surface area (TPSA) is 330 Å². The monoisotopic (exact) mass is 932 g/mol. The van der Waals surface area contributed by atoms with Gasteiger partial charge in [-0.25, -0.2) is 0 Å². The fourth-order valence-electron chi connectivity index (χ4n) is 11.7. The summed E-state index contributed by atoms with van der Waals surface area (Å²) in [7, 11) is 0. The van der Waals surface area contributed by atoms with E-state index in [1.165, 1.54) is 0 Å². The zero-order valence-corrected chi connectivity index (χ0v) is 38.2. The summed E-state index contributed by atoms with van der Waals surface area (Å²) >= 11 is 0. The fourth-order valence-corrected chi connectivity index (χ4v) is 11.7. The van der Waals surface area contributed by atoms with Crippen LogP contribution in [0.3, 0.4) is 0 Å². The maximum atomic E-state index is 12.9. The van der Waals surface area contributed by atoms with Crippen molar-refractivity contribution in [2.24, 2.45) is 49.0 Å². The van der Waals surface area contributed by atoms with Crippen molar-refractivity contribution in [3.8, 4) is 0 Å². The number of nitrogens with one attached hydrogen (secondary N) is 1. The smallest absolute Gasteiger partial charge is 0.0851 e. The van der Waals surface area contributed by atoms with Crippen molar-refractivity contribution in [2.75, 3.05) is 0 Å². The number of fused-ring (bicyclic) bond motifs is 6. The normalized spacial score (nSPS) is 34.2. The van der Waals surface area contributed by atoms with Crippen LogP contribution in [0.4, 0.5) is 0 Å². The summed E-state index contributed by atoms with van der Waals surface area (Å²) in [5, 5.41) is 90.2. The van der Waals surface area contributed by atoms with Gasteiger partial charge in [-0.15, -0.1) is 0 Å². The second-order valence-corrected chi connectivity index (χ2v) is 19.0. The van der Waals surface area contributed by atoms with Crippen LogP contribution in [-0.2, 0) is 50.3 Å². The Morgan fingerprint density at radius 1 is 0.734 bits per heavy atom. The van der Waals surface area contributed by atoms with Crippen LogP contribution in [0.2, 0.25) is 0 Å². The van der Waals surface area contributed by atoms with E-state index in [-0.39, 0.29) is 71.6 Å². The molecule has 0 aromatic heterocycles. The average Bonchev–Trinajstić information content (AvgIpc) is 3.75. The molecule has 0 aliphatic carbocycles. The van der Waals surface area contributed by atoms with Gasteiger partial charge >= 0.3 is 0 Å². The molecule has 1 unspecified atom stereocenters. The molecule has 1 radical (unpaired) electrons. The molecule has 1 N–H and O–H groups in total. The molecule has 0 saturated carbocycles. The van der Waals surface area contributed by atoms with Crippen LogP contribution in [0.15, 0.2) is 48.7 Å². The third kappa shape index (κ3) is 9.06. The van der Waals surface area contributed by atoms with E-state index in [1.807, 2.05) is 0 Å². The van der Waals surface area contributed by atoms with Gasteiger partial charge in [-0.1, -0.05) is 20.8 Å². The molecule has 0 spiro atoms. The first-order chi connectivity index (χ1) is 29.1. The molecular formula is C45H53CoN4O14-7. The summed E-state index contributed by atoms with van der Waals surface area (Å²) in [4.78, 5) is 102. The van der Waals surface area contributed by atoms with Gasteiger partial charge in [0.25, 0.3) is 0 Å². The molecule has 1 fully saturated rings. The van der Waals surface area contributed by atoms with Crippen molar-refractivity contribution in [3.63, 3.8) is 0 Å². The fraction of sp³-hybridized carbons (Fsp3) is 0.644. The number of allylic oxidation sites excluding steroid dienone is 4. The van der Waals surface area contributed by atoms with E-state index in [0.717, 1.165) is 0 Å². The van der Waals surface area contributed by atoms with Crippen LogP contribution in [0.1, 0.15) is 132 Å². The Kier molecular flexibility index (Phi) is 14.8. The van der Waals surface area contributed by atoms with Crippen molar-refractivity contribution in [3.05, 3.63) is 33.7 Å². The minimum atomic E-state index is -1.64. The summed E-state index contributed by atoms with van der Waals surface area (Å²) in [6.45, 7) is 13.2. The van der Waals surface area contributed by atoms with Gasteiger partial charge < -0.3 is 74.6 Å². The van der Waals surface area contributed by atoms with E-state index in [9.17, 15) is 69.3 Å². The number of carbonyl (C=O) groups excluding carboxylic acids is 7. The van der Waals surface area contributed by atoms with Gasteiger partial charge in [0.2, 0.25) is 0 Å². The zero-order valence-electron chi connectivity index (χ0n) is 37.2. The second-order valence-electron chi connectivity index (χ2n) is 19.0. The number of hydrogen-bond donors (Lipinski definition) is 1. The maximum Gasteiger partial charge on any atom is 0.0851 e. The predicted octanol–water partition coefficient (Wildman–Crippen LogP) is -3.49. The first kappa shape index (κ1) is 51.5. The Morgan fingerprint density at radius 3 is 1.83 bits per heavy atom. The van der Waals surface area contributed by atoms with Gasteiger partial charge in [-0.05, 0) is 127 Å². The average molecular weight is 933 g/mol. The molecule has 5 rings (SSSR count). The minimum Gasteiger partial charge on any atom is -0.550 e. The van der Waals surface area contributed by atoms with Gasteiger partial charge in [0.05, 0.1) is 22.8 Å². The van der Waals surface area contributed by atoms with Crippen molar-refractivity contribution in [1.82, 2.24) is 5.32 Å². The number of nitrogens with zero attached hydrogens (tertiary/aromatic N) is 3. The number of aliphatic imine (C=N–C) groups is 3. The van der Waals surface area contributed by atoms with Gasteiger partial charge in [0.1, 0.15) is 0 Å². The molecule has 5 heterocycles. The summed E-state index contributed by atoms with van der Waals surface area (Å²) in [5.74, 6) is -13.3. The van der Waals surface area contributed by atoms with Crippen LogP contribution in [-0.4, -0.2) is 76.0 Å². The van der Waals surface area contributed by atoms with Crippen molar-refractivity contribution >= 4 is 58.9 Å². The molecule has 8 bridgehead atoms. The van der Waals surface area contributed by atoms with E-state index in [2.05, 4.69) is 5.32 Å². The van der Waals surface area contributed by atoms with Crippen LogP contribution >= 0.6 is 0 Å². The quantitative estimate of drug-likeness (QED) is 0.139. The predicted molar refractivity (Wildman–Crippen MR) is 209 cm³/mol. The molecular weight excluding hydrogens is 879 g/mol. The third-order valence-electron chi connectivity index (χ3n) is 15.2. The molecule has 1 saturated heterocycles. The molecule has 0 aromatic carbocycles. The molecule has 5 aliphatic heterocycles. The maximum absolute atomic E-state index is 12.9. The molecule has 0 aromatic rings. The standard InChI is InChI=1S/C45H60N4O14.Co/c1-21-36-24(9-12-29(50)51)23(3)44(7,48-36)18-28-25(10-13-30(52)53)42(5,19-34(60)61)39(46-28)22(2)37-26(11-14-31(54)55)43(6,20-35(62)63)45(8,49-37)40-27(17-33(58)59)41(4,38(21)47-40)16-15-32(56)57;/h21,26-27,40,49H,9-20H2,1-8H3,(H,50,51)(H,52,53)(H,54,55)(H,56,57)(H,58,59)(H,60,61)(H,62,63);/p-7/b37-22-;/t21?,26-,27+,40-,41-,42+,43+,44+,45+;/m1./s1. The zero-order chi connectivity index (χ0) is 47.4. The molecule has 19 heteroatoms. The largest absolute Gasteiger partial charge is 0.550 e. The Labute approximate surface area is 381 Å². The SMILES string of the molecule is CC1=C(CCC(=O)[O-])C2=N[C@@]1(C)CC1=C(CCC(=O)[O-])[C@](C)(CC(=O)[O-])C(=N1)/C(C)=C1\N[C@@](C)([C@@H]3N=C(C2C)[C@](C)(CCC(=O)[O-])[C@H]3CC(=O)[O-])[C@@](C)(CC(=O)[O-])[C@@H]1CCC(=O)[O-].[Co]. The summed E-state index contributed by atoms with van der Waals surface area (Å²) in [6, 6.07) is -1.22. The Hall–Kier alpha value is -5.17. The Balaban J connectivity index is 0.00000898. The summed E-state index contributed by atoms with van der Waals surface area (Å²) < 4.78 is 0. The van der Waals surface area contributed by atoms with E-state index >= 15 is 0 Å². The van der Waals surface area contributed by atoms with Gasteiger partial charge in [-0.2, -0.15) is 0 Å². The Morgan fingerprint density at radius 2 is 1.30 bits per heavy atom. The van der Waals surface area contributed by atoms with Crippen molar-refractivity contribution in [1.29, 1.82) is 0 Å². The Bertz CT molecular complexity index is 2240. The van der Waals surface area contributed by atoms with Crippen LogP contribution < -0.4 is 41.1 Å². The van der Waals surface area contributed by atoms with E-state index < -0.39 is 138 Å². The first-order valence-corrected chi connectivity index (χ1v) is 21.1. The van der Waals surface area contributed by atoms with Gasteiger partial charge in [0.15, 0.2) is 0 Å². The summed E-state index contributed by atoms with van der Waals surface area (Å²) in [5.41, 5.74) is -4.48. The number of carboxylic acid groups (broad SMARTS) is 7. The van der Waals surface area contributed by atoms with Gasteiger partial charge in [0, 0.05) is 122 Å². The van der Waals surface area contributed by atoms with E-state index in [1.54, 1.807) is 55.4 Å². The molecule has 0 amide bonds. The molecule has 64 heavy (non-hydrogen) atoms. The first-order valence-electron chi connectivity index (χ1n) is 21.1. The number of rotatable bonds is 18. The van der Waals surface area contributed by atoms with Crippen LogP contribution in [0.25, 0.3) is 0 Å². The second kappa shape index (κ2) is 18.4. The number of carbonyl (C=O) groups is 7. The van der Waals surface area contributed by atoms with E-state index in [0.29, 0.717) is 28.1 Å². The summed E-state index contributed by atoms with van der Waals surface area (Å²) in [6.07, 6.45) is -5.04. The number of aliphatic carboxylic acids is 7. The third-order valence-corrected chi connectivity index (χ3v) is 15.2. The molecule has 5 aliphatic rings. The molecule has 353 valence electrons. The minimum absolute atomic E-state index is 0. The number of hydrogen-bond acceptors (Lipinski definition) is 18. The van der Waals surface area contributed by atoms with Crippen LogP contribution in [0.5, 0.6) is 0 Å². The molecule has 18 nitrogen and oxygen atoms in total. The number of carboxylic acids is 7. The van der Waals surface area contributed by atoms with Crippen molar-refractivity contribution < 1.29 is 86.1 Å². The van der Waals surface area contributed by atoms with Crippen molar-refractivity contribution in [2.45, 2.75) is 150 Å². The van der Waals surface area contributed by atoms with Gasteiger partial charge in [-0.3, -0.25) is 15.0 Å². The van der Waals surface area contributed by atoms with Crippen LogP contribution in [0, 0.1) is 34.0 Å².